The molecule has 0 aliphatic carbocycles. The first-order valence-electron chi connectivity index (χ1n) is 5.70. The predicted molar refractivity (Wildman–Crippen MR) is 70.2 cm³/mol. The molecule has 0 atom stereocenters. The number of anilines is 1. The summed E-state index contributed by atoms with van der Waals surface area (Å²) in [5.41, 5.74) is 0.112. The topological polar surface area (TPSA) is 72.5 Å². The minimum Gasteiger partial charge on any atom is -0.465 e. The number of hydrogen-bond acceptors (Lipinski definition) is 4. The molecule has 0 heterocycles. The van der Waals surface area contributed by atoms with Crippen molar-refractivity contribution in [1.82, 2.24) is 0 Å². The van der Waals surface area contributed by atoms with Crippen molar-refractivity contribution in [2.75, 3.05) is 17.6 Å². The molecule has 0 bridgehead atoms. The smallest absolute Gasteiger partial charge is 0.341 e. The Morgan fingerprint density at radius 1 is 1.42 bits per heavy atom. The largest absolute Gasteiger partial charge is 0.465 e. The number of nitrogens with one attached hydrogen (secondary N) is 1. The van der Waals surface area contributed by atoms with Crippen molar-refractivity contribution in [3.63, 3.8) is 0 Å². The summed E-state index contributed by atoms with van der Waals surface area (Å²) in [4.78, 5) is 11.5. The van der Waals surface area contributed by atoms with Crippen molar-refractivity contribution in [3.8, 4) is 0 Å². The van der Waals surface area contributed by atoms with Crippen molar-refractivity contribution < 1.29 is 22.3 Å². The standard InChI is InChI=1S/C12H16FNO4S/c1-4-7-19(16,17)14-10-6-5-9(13)11(8(10)2)12(15)18-3/h5-6,14H,4,7H2,1-3H3. The van der Waals surface area contributed by atoms with E-state index in [1.807, 2.05) is 0 Å². The summed E-state index contributed by atoms with van der Waals surface area (Å²) in [6.45, 7) is 3.19. The highest BCUT2D eigenvalue weighted by Gasteiger charge is 2.20. The number of esters is 1. The Morgan fingerprint density at radius 2 is 2.05 bits per heavy atom. The molecule has 0 aromatic heterocycles. The van der Waals surface area contributed by atoms with Gasteiger partial charge >= 0.3 is 5.97 Å². The number of carbonyl (C=O) groups is 1. The Bertz CT molecular complexity index is 584. The van der Waals surface area contributed by atoms with Crippen LogP contribution in [0, 0.1) is 12.7 Å². The van der Waals surface area contributed by atoms with Gasteiger partial charge in [0.05, 0.1) is 18.6 Å². The lowest BCUT2D eigenvalue weighted by Gasteiger charge is -2.13. The summed E-state index contributed by atoms with van der Waals surface area (Å²) in [5, 5.41) is 0. The van der Waals surface area contributed by atoms with E-state index in [1.165, 1.54) is 13.0 Å². The number of rotatable bonds is 5. The molecule has 1 aromatic rings. The van der Waals surface area contributed by atoms with Gasteiger partial charge in [-0.3, -0.25) is 4.72 Å². The average molecular weight is 289 g/mol. The van der Waals surface area contributed by atoms with E-state index < -0.39 is 21.8 Å². The van der Waals surface area contributed by atoms with Gasteiger partial charge in [0.2, 0.25) is 10.0 Å². The van der Waals surface area contributed by atoms with E-state index in [0.29, 0.717) is 6.42 Å². The molecule has 0 saturated carbocycles. The Kier molecular flexibility index (Phi) is 4.88. The molecule has 0 radical (unpaired) electrons. The summed E-state index contributed by atoms with van der Waals surface area (Å²) in [7, 11) is -2.36. The van der Waals surface area contributed by atoms with E-state index in [9.17, 15) is 17.6 Å². The maximum atomic E-state index is 13.6. The zero-order valence-corrected chi connectivity index (χ0v) is 11.8. The van der Waals surface area contributed by atoms with E-state index in [4.69, 9.17) is 0 Å². The molecule has 1 rings (SSSR count). The van der Waals surface area contributed by atoms with Crippen LogP contribution >= 0.6 is 0 Å². The number of carbonyl (C=O) groups excluding carboxylic acids is 1. The van der Waals surface area contributed by atoms with E-state index in [0.717, 1.165) is 13.2 Å². The van der Waals surface area contributed by atoms with Crippen LogP contribution in [0.2, 0.25) is 0 Å². The van der Waals surface area contributed by atoms with E-state index in [-0.39, 0.29) is 22.6 Å². The minimum absolute atomic E-state index is 0.0443. The lowest BCUT2D eigenvalue weighted by Crippen LogP contribution is -2.18. The number of hydrogen-bond donors (Lipinski definition) is 1. The van der Waals surface area contributed by atoms with E-state index in [1.54, 1.807) is 6.92 Å². The molecule has 0 aliphatic rings. The highest BCUT2D eigenvalue weighted by atomic mass is 32.2. The predicted octanol–water partition coefficient (Wildman–Crippen LogP) is 2.07. The summed E-state index contributed by atoms with van der Waals surface area (Å²) in [6.07, 6.45) is 0.458. The SMILES string of the molecule is CCCS(=O)(=O)Nc1ccc(F)c(C(=O)OC)c1C. The first-order chi connectivity index (χ1) is 8.82. The lowest BCUT2D eigenvalue weighted by molar-refractivity contribution is 0.0594. The zero-order valence-electron chi connectivity index (χ0n) is 11.0. The lowest BCUT2D eigenvalue weighted by atomic mass is 10.1. The Hall–Kier alpha value is -1.63. The van der Waals surface area contributed by atoms with Crippen molar-refractivity contribution in [2.45, 2.75) is 20.3 Å². The van der Waals surface area contributed by atoms with Gasteiger partial charge in [0.1, 0.15) is 11.4 Å². The molecule has 0 fully saturated rings. The molecule has 19 heavy (non-hydrogen) atoms. The monoisotopic (exact) mass is 289 g/mol. The molecule has 0 amide bonds. The van der Waals surface area contributed by atoms with Crippen LogP contribution in [0.3, 0.4) is 0 Å². The van der Waals surface area contributed by atoms with E-state index in [2.05, 4.69) is 9.46 Å². The third-order valence-corrected chi connectivity index (χ3v) is 4.02. The van der Waals surface area contributed by atoms with Crippen LogP contribution in [0.1, 0.15) is 29.3 Å². The summed E-state index contributed by atoms with van der Waals surface area (Å²) >= 11 is 0. The van der Waals surface area contributed by atoms with Crippen LogP contribution in [0.5, 0.6) is 0 Å². The van der Waals surface area contributed by atoms with Gasteiger partial charge in [-0.25, -0.2) is 17.6 Å². The molecule has 0 saturated heterocycles. The second kappa shape index (κ2) is 6.01. The van der Waals surface area contributed by atoms with Crippen molar-refractivity contribution >= 4 is 21.7 Å². The Labute approximate surface area is 111 Å². The first kappa shape index (κ1) is 15.4. The number of halogens is 1. The van der Waals surface area contributed by atoms with Gasteiger partial charge in [-0.1, -0.05) is 6.92 Å². The molecule has 5 nitrogen and oxygen atoms in total. The zero-order chi connectivity index (χ0) is 14.6. The fraction of sp³-hybridized carbons (Fsp3) is 0.417. The normalized spacial score (nSPS) is 11.2. The third-order valence-electron chi connectivity index (χ3n) is 2.54. The van der Waals surface area contributed by atoms with E-state index >= 15 is 0 Å². The van der Waals surface area contributed by atoms with Crippen LogP contribution in [0.15, 0.2) is 12.1 Å². The van der Waals surface area contributed by atoms with Crippen LogP contribution < -0.4 is 4.72 Å². The second-order valence-corrected chi connectivity index (χ2v) is 5.85. The first-order valence-corrected chi connectivity index (χ1v) is 7.35. The third kappa shape index (κ3) is 3.66. The molecule has 7 heteroatoms. The van der Waals surface area contributed by atoms with Gasteiger partial charge in [0.15, 0.2) is 0 Å². The number of sulfonamides is 1. The van der Waals surface area contributed by atoms with Crippen molar-refractivity contribution in [3.05, 3.63) is 29.1 Å². The summed E-state index contributed by atoms with van der Waals surface area (Å²) in [5.74, 6) is -1.63. The van der Waals surface area contributed by atoms with Gasteiger partial charge in [0.25, 0.3) is 0 Å². The maximum absolute atomic E-state index is 13.6. The van der Waals surface area contributed by atoms with Gasteiger partial charge in [-0.05, 0) is 31.0 Å². The Balaban J connectivity index is 3.22. The maximum Gasteiger partial charge on any atom is 0.341 e. The summed E-state index contributed by atoms with van der Waals surface area (Å²) in [6, 6.07) is 2.31. The summed E-state index contributed by atoms with van der Waals surface area (Å²) < 4.78 is 43.7. The minimum atomic E-state index is -3.49. The number of benzene rings is 1. The van der Waals surface area contributed by atoms with Crippen LogP contribution in [0.25, 0.3) is 0 Å². The van der Waals surface area contributed by atoms with Crippen LogP contribution in [-0.4, -0.2) is 27.2 Å². The van der Waals surface area contributed by atoms with Gasteiger partial charge in [0, 0.05) is 0 Å². The van der Waals surface area contributed by atoms with Gasteiger partial charge in [-0.2, -0.15) is 0 Å². The highest BCUT2D eigenvalue weighted by molar-refractivity contribution is 7.92. The molecule has 0 aliphatic heterocycles. The molecule has 1 aromatic carbocycles. The van der Waals surface area contributed by atoms with Gasteiger partial charge in [-0.15, -0.1) is 0 Å². The van der Waals surface area contributed by atoms with Crippen LogP contribution in [-0.2, 0) is 14.8 Å². The fourth-order valence-corrected chi connectivity index (χ4v) is 2.82. The fourth-order valence-electron chi connectivity index (χ4n) is 1.63. The molecule has 0 unspecified atom stereocenters. The highest BCUT2D eigenvalue weighted by Crippen LogP contribution is 2.23. The second-order valence-electron chi connectivity index (χ2n) is 4.01. The van der Waals surface area contributed by atoms with Gasteiger partial charge < -0.3 is 4.74 Å². The van der Waals surface area contributed by atoms with Crippen molar-refractivity contribution in [1.29, 1.82) is 0 Å². The quantitative estimate of drug-likeness (QED) is 0.842. The van der Waals surface area contributed by atoms with Crippen LogP contribution in [0.4, 0.5) is 10.1 Å². The number of methoxy groups -OCH3 is 1. The van der Waals surface area contributed by atoms with Crippen molar-refractivity contribution in [2.24, 2.45) is 0 Å². The molecular formula is C12H16FNO4S. The molecule has 106 valence electrons. The molecule has 0 spiro atoms. The Morgan fingerprint density at radius 3 is 2.58 bits per heavy atom. The molecular weight excluding hydrogens is 273 g/mol. The number of ether oxygens (including phenoxy) is 1. The molecule has 1 N–H and O–H groups in total. The average Bonchev–Trinajstić information content (AvgIpc) is 2.32.